The number of aromatic nitrogens is 3. The highest BCUT2D eigenvalue weighted by Gasteiger charge is 2.08. The molecule has 7 nitrogen and oxygen atoms in total. The van der Waals surface area contributed by atoms with Crippen molar-refractivity contribution < 1.29 is 9.59 Å². The van der Waals surface area contributed by atoms with Gasteiger partial charge in [-0.3, -0.25) is 9.59 Å². The van der Waals surface area contributed by atoms with Crippen molar-refractivity contribution in [2.75, 3.05) is 11.9 Å². The molecule has 0 atom stereocenters. The summed E-state index contributed by atoms with van der Waals surface area (Å²) >= 11 is 0. The molecular weight excluding hydrogens is 342 g/mol. The van der Waals surface area contributed by atoms with Crippen LogP contribution in [0.1, 0.15) is 17.5 Å². The van der Waals surface area contributed by atoms with Crippen LogP contribution in [-0.4, -0.2) is 33.4 Å². The number of nitrogens with zero attached hydrogens (tertiary/aromatic N) is 3. The van der Waals surface area contributed by atoms with Crippen LogP contribution in [0.15, 0.2) is 66.9 Å². The molecule has 2 amide bonds. The fourth-order valence-electron chi connectivity index (χ4n) is 2.57. The van der Waals surface area contributed by atoms with Crippen LogP contribution in [0.4, 0.5) is 5.82 Å². The van der Waals surface area contributed by atoms with Crippen LogP contribution in [0.25, 0.3) is 0 Å². The summed E-state index contributed by atoms with van der Waals surface area (Å²) in [4.78, 5) is 23.8. The molecule has 0 radical (unpaired) electrons. The molecule has 0 aliphatic rings. The fraction of sp³-hybridized carbons (Fsp3) is 0.200. The molecule has 1 aromatic heterocycles. The minimum Gasteiger partial charge on any atom is -0.355 e. The Morgan fingerprint density at radius 2 is 1.56 bits per heavy atom. The van der Waals surface area contributed by atoms with Crippen molar-refractivity contribution in [3.05, 3.63) is 78.0 Å². The van der Waals surface area contributed by atoms with E-state index < -0.39 is 0 Å². The average molecular weight is 363 g/mol. The van der Waals surface area contributed by atoms with Gasteiger partial charge in [0, 0.05) is 13.0 Å². The number of benzene rings is 2. The summed E-state index contributed by atoms with van der Waals surface area (Å²) in [6.45, 7) is 0.856. The van der Waals surface area contributed by atoms with Crippen LogP contribution < -0.4 is 10.6 Å². The van der Waals surface area contributed by atoms with Crippen molar-refractivity contribution in [1.29, 1.82) is 0 Å². The zero-order valence-electron chi connectivity index (χ0n) is 14.8. The van der Waals surface area contributed by atoms with E-state index in [2.05, 4.69) is 20.9 Å². The van der Waals surface area contributed by atoms with Crippen LogP contribution in [0.3, 0.4) is 0 Å². The number of carbonyl (C=O) groups excluding carboxylic acids is 2. The topological polar surface area (TPSA) is 88.9 Å². The first-order valence-corrected chi connectivity index (χ1v) is 8.73. The Balaban J connectivity index is 1.39. The molecule has 0 aliphatic heterocycles. The number of carbonyl (C=O) groups is 2. The highest BCUT2D eigenvalue weighted by atomic mass is 16.2. The van der Waals surface area contributed by atoms with Crippen LogP contribution in [0.5, 0.6) is 0 Å². The number of rotatable bonds is 8. The van der Waals surface area contributed by atoms with Crippen molar-refractivity contribution >= 4 is 17.6 Å². The summed E-state index contributed by atoms with van der Waals surface area (Å²) in [6, 6.07) is 19.3. The van der Waals surface area contributed by atoms with Gasteiger partial charge < -0.3 is 10.6 Å². The maximum Gasteiger partial charge on any atom is 0.227 e. The van der Waals surface area contributed by atoms with Crippen molar-refractivity contribution in [3.63, 3.8) is 0 Å². The average Bonchev–Trinajstić information content (AvgIpc) is 3.10. The van der Waals surface area contributed by atoms with Gasteiger partial charge in [-0.1, -0.05) is 65.9 Å². The van der Waals surface area contributed by atoms with Crippen LogP contribution in [-0.2, 0) is 22.6 Å². The molecule has 0 saturated heterocycles. The molecule has 1 heterocycles. The summed E-state index contributed by atoms with van der Waals surface area (Å²) in [6.07, 6.45) is 2.15. The predicted molar refractivity (Wildman–Crippen MR) is 102 cm³/mol. The van der Waals surface area contributed by atoms with Gasteiger partial charge in [-0.25, -0.2) is 4.68 Å². The third-order valence-electron chi connectivity index (χ3n) is 3.88. The number of hydrogen-bond acceptors (Lipinski definition) is 4. The predicted octanol–water partition coefficient (Wildman–Crippen LogP) is 2.01. The molecule has 138 valence electrons. The maximum atomic E-state index is 12.0. The molecule has 0 bridgehead atoms. The third-order valence-corrected chi connectivity index (χ3v) is 3.88. The molecule has 2 N–H and O–H groups in total. The van der Waals surface area contributed by atoms with Gasteiger partial charge in [0.25, 0.3) is 0 Å². The van der Waals surface area contributed by atoms with Gasteiger partial charge in [-0.15, -0.1) is 5.10 Å². The van der Waals surface area contributed by atoms with E-state index in [1.807, 2.05) is 60.7 Å². The molecule has 7 heteroatoms. The van der Waals surface area contributed by atoms with Gasteiger partial charge >= 0.3 is 0 Å². The number of anilines is 1. The van der Waals surface area contributed by atoms with Gasteiger partial charge in [-0.2, -0.15) is 0 Å². The number of amides is 2. The lowest BCUT2D eigenvalue weighted by Gasteiger charge is -2.05. The van der Waals surface area contributed by atoms with Gasteiger partial charge in [0.05, 0.1) is 19.2 Å². The molecular formula is C20H21N5O2. The molecule has 27 heavy (non-hydrogen) atoms. The third kappa shape index (κ3) is 6.07. The van der Waals surface area contributed by atoms with Gasteiger partial charge in [0.1, 0.15) is 0 Å². The van der Waals surface area contributed by atoms with E-state index in [4.69, 9.17) is 0 Å². The SMILES string of the molecule is O=C(Cc1ccccc1)NCCC(=O)Nc1cn(Cc2ccccc2)nn1. The summed E-state index contributed by atoms with van der Waals surface area (Å²) in [5, 5.41) is 13.4. The highest BCUT2D eigenvalue weighted by molar-refractivity contribution is 5.90. The summed E-state index contributed by atoms with van der Waals surface area (Å²) in [7, 11) is 0. The zero-order chi connectivity index (χ0) is 18.9. The summed E-state index contributed by atoms with van der Waals surface area (Å²) in [5.74, 6) is 0.0659. The second kappa shape index (κ2) is 9.28. The van der Waals surface area contributed by atoms with Crippen LogP contribution in [0, 0.1) is 0 Å². The van der Waals surface area contributed by atoms with Crippen molar-refractivity contribution in [2.24, 2.45) is 0 Å². The highest BCUT2D eigenvalue weighted by Crippen LogP contribution is 2.05. The molecule has 3 aromatic rings. The van der Waals surface area contributed by atoms with Crippen LogP contribution in [0.2, 0.25) is 0 Å². The molecule has 0 spiro atoms. The molecule has 3 rings (SSSR count). The smallest absolute Gasteiger partial charge is 0.227 e. The lowest BCUT2D eigenvalue weighted by atomic mass is 10.1. The zero-order valence-corrected chi connectivity index (χ0v) is 14.8. The Labute approximate surface area is 157 Å². The fourth-order valence-corrected chi connectivity index (χ4v) is 2.57. The largest absolute Gasteiger partial charge is 0.355 e. The normalized spacial score (nSPS) is 10.4. The van der Waals surface area contributed by atoms with E-state index in [-0.39, 0.29) is 24.8 Å². The quantitative estimate of drug-likeness (QED) is 0.641. The monoisotopic (exact) mass is 363 g/mol. The molecule has 0 fully saturated rings. The summed E-state index contributed by atoms with van der Waals surface area (Å²) < 4.78 is 1.66. The molecule has 0 aliphatic carbocycles. The van der Waals surface area contributed by atoms with Crippen molar-refractivity contribution in [3.8, 4) is 0 Å². The Morgan fingerprint density at radius 1 is 0.889 bits per heavy atom. The summed E-state index contributed by atoms with van der Waals surface area (Å²) in [5.41, 5.74) is 2.04. The minimum absolute atomic E-state index is 0.109. The lowest BCUT2D eigenvalue weighted by Crippen LogP contribution is -2.28. The van der Waals surface area contributed by atoms with Crippen LogP contribution >= 0.6 is 0 Å². The second-order valence-corrected chi connectivity index (χ2v) is 6.10. The van der Waals surface area contributed by atoms with Gasteiger partial charge in [0.15, 0.2) is 5.82 Å². The Hall–Kier alpha value is -3.48. The van der Waals surface area contributed by atoms with Gasteiger partial charge in [-0.05, 0) is 11.1 Å². The van der Waals surface area contributed by atoms with Crippen molar-refractivity contribution in [1.82, 2.24) is 20.3 Å². The van der Waals surface area contributed by atoms with E-state index in [0.29, 0.717) is 18.8 Å². The van der Waals surface area contributed by atoms with Crippen molar-refractivity contribution in [2.45, 2.75) is 19.4 Å². The Bertz CT molecular complexity index is 878. The standard InChI is InChI=1S/C20H21N5O2/c26-19(11-12-21-20(27)13-16-7-3-1-4-8-16)22-18-15-25(24-23-18)14-17-9-5-2-6-10-17/h1-10,15H,11-14H2,(H,21,27)(H,22,26). The number of nitrogens with one attached hydrogen (secondary N) is 2. The second-order valence-electron chi connectivity index (χ2n) is 6.10. The molecule has 0 saturated carbocycles. The van der Waals surface area contributed by atoms with E-state index >= 15 is 0 Å². The van der Waals surface area contributed by atoms with E-state index in [0.717, 1.165) is 11.1 Å². The first-order valence-electron chi connectivity index (χ1n) is 8.73. The minimum atomic E-state index is -0.221. The molecule has 2 aromatic carbocycles. The van der Waals surface area contributed by atoms with Gasteiger partial charge in [0.2, 0.25) is 11.8 Å². The first-order chi connectivity index (χ1) is 13.2. The Kier molecular flexibility index (Phi) is 6.30. The van der Waals surface area contributed by atoms with E-state index in [1.54, 1.807) is 10.9 Å². The number of hydrogen-bond donors (Lipinski definition) is 2. The van der Waals surface area contributed by atoms with E-state index in [1.165, 1.54) is 0 Å². The lowest BCUT2D eigenvalue weighted by molar-refractivity contribution is -0.120. The Morgan fingerprint density at radius 3 is 2.26 bits per heavy atom. The first kappa shape index (κ1) is 18.3. The molecule has 0 unspecified atom stereocenters. The maximum absolute atomic E-state index is 12.0. The van der Waals surface area contributed by atoms with E-state index in [9.17, 15) is 9.59 Å².